The van der Waals surface area contributed by atoms with Gasteiger partial charge < -0.3 is 14.0 Å². The van der Waals surface area contributed by atoms with Gasteiger partial charge in [-0.2, -0.15) is 4.99 Å². The van der Waals surface area contributed by atoms with Gasteiger partial charge in [0.05, 0.1) is 15.1 Å². The maximum Gasteiger partial charge on any atom is 0.279 e. The van der Waals surface area contributed by atoms with E-state index in [9.17, 15) is 13.2 Å². The second-order valence-corrected chi connectivity index (χ2v) is 10.9. The first kappa shape index (κ1) is 23.8. The number of thiazole rings is 1. The summed E-state index contributed by atoms with van der Waals surface area (Å²) in [5.41, 5.74) is 2.52. The third-order valence-corrected chi connectivity index (χ3v) is 8.01. The van der Waals surface area contributed by atoms with Gasteiger partial charge in [0.15, 0.2) is 16.3 Å². The first-order valence-electron chi connectivity index (χ1n) is 11.2. The average Bonchev–Trinajstić information content (AvgIpc) is 3.19. The molecule has 2 heterocycles. The number of aromatic nitrogens is 1. The van der Waals surface area contributed by atoms with Crippen molar-refractivity contribution in [3.63, 3.8) is 0 Å². The number of hydrogen-bond donors (Lipinski definition) is 1. The quantitative estimate of drug-likeness (QED) is 0.377. The summed E-state index contributed by atoms with van der Waals surface area (Å²) in [4.78, 5) is 18.0. The summed E-state index contributed by atoms with van der Waals surface area (Å²) >= 11 is 1.37. The maximum absolute atomic E-state index is 13.0. The number of fused-ring (bicyclic) bond motifs is 2. The van der Waals surface area contributed by atoms with Crippen LogP contribution in [0.25, 0.3) is 10.2 Å². The zero-order chi connectivity index (χ0) is 25.3. The van der Waals surface area contributed by atoms with E-state index in [0.717, 1.165) is 15.8 Å². The van der Waals surface area contributed by atoms with E-state index < -0.39 is 15.9 Å². The highest BCUT2D eigenvalue weighted by atomic mass is 32.2. The molecule has 8 nitrogen and oxygen atoms in total. The normalized spacial score (nSPS) is 13.5. The smallest absolute Gasteiger partial charge is 0.279 e. The van der Waals surface area contributed by atoms with E-state index in [1.54, 1.807) is 54.6 Å². The molecule has 36 heavy (non-hydrogen) atoms. The number of rotatable bonds is 6. The van der Waals surface area contributed by atoms with Crippen molar-refractivity contribution in [1.82, 2.24) is 4.57 Å². The summed E-state index contributed by atoms with van der Waals surface area (Å²) in [6.45, 7) is 7.14. The van der Waals surface area contributed by atoms with Gasteiger partial charge in [-0.3, -0.25) is 9.52 Å². The minimum absolute atomic E-state index is 0.164. The van der Waals surface area contributed by atoms with Crippen molar-refractivity contribution < 1.29 is 22.7 Å². The monoisotopic (exact) mass is 521 g/mol. The molecule has 0 bridgehead atoms. The number of hydrogen-bond acceptors (Lipinski definition) is 6. The van der Waals surface area contributed by atoms with Crippen LogP contribution in [0.3, 0.4) is 0 Å². The predicted molar refractivity (Wildman–Crippen MR) is 139 cm³/mol. The van der Waals surface area contributed by atoms with Crippen LogP contribution in [0.15, 0.2) is 83.2 Å². The molecule has 184 valence electrons. The Morgan fingerprint density at radius 2 is 1.75 bits per heavy atom. The summed E-state index contributed by atoms with van der Waals surface area (Å²) in [5.74, 6) is 0.887. The number of carbonyl (C=O) groups is 1. The Balaban J connectivity index is 1.42. The fraction of sp³-hybridized carbons (Fsp3) is 0.154. The molecule has 1 N–H and O–H groups in total. The van der Waals surface area contributed by atoms with Crippen molar-refractivity contribution in [3.8, 4) is 11.5 Å². The number of sulfonamides is 1. The minimum Gasteiger partial charge on any atom is -0.486 e. The third kappa shape index (κ3) is 4.77. The Labute approximate surface area is 212 Å². The Bertz CT molecular complexity index is 1630. The maximum atomic E-state index is 13.0. The van der Waals surface area contributed by atoms with Crippen molar-refractivity contribution >= 4 is 43.2 Å². The van der Waals surface area contributed by atoms with Crippen LogP contribution in [-0.4, -0.2) is 32.1 Å². The van der Waals surface area contributed by atoms with E-state index in [2.05, 4.69) is 16.3 Å². The van der Waals surface area contributed by atoms with Crippen LogP contribution in [-0.2, 0) is 16.6 Å². The summed E-state index contributed by atoms with van der Waals surface area (Å²) in [5, 5.41) is 0. The molecule has 10 heteroatoms. The van der Waals surface area contributed by atoms with Crippen molar-refractivity contribution in [2.75, 3.05) is 17.9 Å². The molecule has 0 saturated heterocycles. The van der Waals surface area contributed by atoms with Crippen LogP contribution in [0.4, 0.5) is 5.69 Å². The molecule has 1 aromatic heterocycles. The Kier molecular flexibility index (Phi) is 6.38. The molecule has 0 radical (unpaired) electrons. The molecule has 0 aliphatic carbocycles. The summed E-state index contributed by atoms with van der Waals surface area (Å²) < 4.78 is 42.0. The molecule has 1 aliphatic heterocycles. The summed E-state index contributed by atoms with van der Waals surface area (Å²) in [6.07, 6.45) is 1.74. The number of carbonyl (C=O) groups excluding carboxylic acids is 1. The van der Waals surface area contributed by atoms with E-state index in [0.29, 0.717) is 47.3 Å². The first-order valence-corrected chi connectivity index (χ1v) is 13.5. The standard InChI is InChI=1S/C26H23N3O5S2/c1-3-12-29-21-15-22-23(34-14-13-33-22)16-24(21)35-26(29)27-25(30)18-6-8-19(9-7-18)28-36(31,32)20-10-4-17(2)5-11-20/h3-11,15-16,28H,1,12-14H2,2H3. The van der Waals surface area contributed by atoms with Crippen LogP contribution < -0.4 is 19.0 Å². The van der Waals surface area contributed by atoms with Gasteiger partial charge in [0.25, 0.3) is 15.9 Å². The third-order valence-electron chi connectivity index (χ3n) is 5.57. The van der Waals surface area contributed by atoms with Crippen molar-refractivity contribution in [1.29, 1.82) is 0 Å². The highest BCUT2D eigenvalue weighted by Crippen LogP contribution is 2.35. The zero-order valence-electron chi connectivity index (χ0n) is 19.4. The van der Waals surface area contributed by atoms with E-state index >= 15 is 0 Å². The van der Waals surface area contributed by atoms with E-state index in [1.165, 1.54) is 11.3 Å². The number of ether oxygens (including phenoxy) is 2. The molecule has 0 unspecified atom stereocenters. The molecular formula is C26H23N3O5S2. The lowest BCUT2D eigenvalue weighted by atomic mass is 10.2. The van der Waals surface area contributed by atoms with Crippen molar-refractivity contribution in [3.05, 3.63) is 89.2 Å². The summed E-state index contributed by atoms with van der Waals surface area (Å²) in [6, 6.07) is 16.5. The molecule has 5 rings (SSSR count). The molecule has 4 aromatic rings. The van der Waals surface area contributed by atoms with E-state index in [1.807, 2.05) is 23.6 Å². The van der Waals surface area contributed by atoms with E-state index in [-0.39, 0.29) is 4.90 Å². The molecule has 0 spiro atoms. The number of benzene rings is 3. The van der Waals surface area contributed by atoms with Gasteiger partial charge in [-0.1, -0.05) is 35.1 Å². The van der Waals surface area contributed by atoms with E-state index in [4.69, 9.17) is 9.47 Å². The van der Waals surface area contributed by atoms with Crippen LogP contribution in [0.2, 0.25) is 0 Å². The number of nitrogens with one attached hydrogen (secondary N) is 1. The molecule has 1 amide bonds. The largest absolute Gasteiger partial charge is 0.486 e. The number of nitrogens with zero attached hydrogens (tertiary/aromatic N) is 2. The average molecular weight is 522 g/mol. The number of anilines is 1. The van der Waals surface area contributed by atoms with Crippen LogP contribution in [0.1, 0.15) is 15.9 Å². The molecule has 3 aromatic carbocycles. The highest BCUT2D eigenvalue weighted by molar-refractivity contribution is 7.92. The topological polar surface area (TPSA) is 99.0 Å². The molecule has 0 atom stereocenters. The fourth-order valence-electron chi connectivity index (χ4n) is 3.76. The predicted octanol–water partition coefficient (Wildman–Crippen LogP) is 4.51. The highest BCUT2D eigenvalue weighted by Gasteiger charge is 2.17. The van der Waals surface area contributed by atoms with Gasteiger partial charge in [-0.25, -0.2) is 8.42 Å². The number of amides is 1. The van der Waals surface area contributed by atoms with Crippen LogP contribution >= 0.6 is 11.3 Å². The summed E-state index contributed by atoms with van der Waals surface area (Å²) in [7, 11) is -3.74. The lowest BCUT2D eigenvalue weighted by Gasteiger charge is -2.18. The number of aryl methyl sites for hydroxylation is 1. The molecule has 0 fully saturated rings. The minimum atomic E-state index is -3.74. The van der Waals surface area contributed by atoms with Gasteiger partial charge in [0, 0.05) is 29.9 Å². The van der Waals surface area contributed by atoms with Gasteiger partial charge in [0.1, 0.15) is 13.2 Å². The first-order chi connectivity index (χ1) is 17.3. The lowest BCUT2D eigenvalue weighted by molar-refractivity contribution is 0.0998. The fourth-order valence-corrected chi connectivity index (χ4v) is 5.87. The Morgan fingerprint density at radius 3 is 2.42 bits per heavy atom. The second-order valence-electron chi connectivity index (χ2n) is 8.16. The molecule has 1 aliphatic rings. The van der Waals surface area contributed by atoms with Gasteiger partial charge in [0.2, 0.25) is 0 Å². The van der Waals surface area contributed by atoms with Crippen molar-refractivity contribution in [2.45, 2.75) is 18.4 Å². The molecular weight excluding hydrogens is 498 g/mol. The van der Waals surface area contributed by atoms with Gasteiger partial charge in [-0.15, -0.1) is 6.58 Å². The van der Waals surface area contributed by atoms with Gasteiger partial charge >= 0.3 is 0 Å². The lowest BCUT2D eigenvalue weighted by Crippen LogP contribution is -2.17. The zero-order valence-corrected chi connectivity index (χ0v) is 21.1. The SMILES string of the molecule is C=CCn1c(=NC(=O)c2ccc(NS(=O)(=O)c3ccc(C)cc3)cc2)sc2cc3c(cc21)OCCO3. The second kappa shape index (κ2) is 9.63. The Hall–Kier alpha value is -3.89. The van der Waals surface area contributed by atoms with Crippen LogP contribution in [0.5, 0.6) is 11.5 Å². The van der Waals surface area contributed by atoms with Crippen LogP contribution in [0, 0.1) is 6.92 Å². The van der Waals surface area contributed by atoms with Gasteiger partial charge in [-0.05, 0) is 43.3 Å². The number of allylic oxidation sites excluding steroid dienone is 1. The van der Waals surface area contributed by atoms with Crippen molar-refractivity contribution in [2.24, 2.45) is 4.99 Å². The molecule has 0 saturated carbocycles. The Morgan fingerprint density at radius 1 is 1.08 bits per heavy atom.